The average molecular weight is 246 g/mol. The fourth-order valence-electron chi connectivity index (χ4n) is 1.48. The van der Waals surface area contributed by atoms with Crippen molar-refractivity contribution in [2.75, 3.05) is 5.32 Å². The van der Waals surface area contributed by atoms with Crippen molar-refractivity contribution >= 4 is 11.7 Å². The number of carbonyl (C=O) groups is 1. The van der Waals surface area contributed by atoms with Crippen LogP contribution in [0.4, 0.5) is 10.5 Å². The van der Waals surface area contributed by atoms with E-state index in [-0.39, 0.29) is 11.4 Å². The summed E-state index contributed by atoms with van der Waals surface area (Å²) < 4.78 is 0. The monoisotopic (exact) mass is 246 g/mol. The Bertz CT molecular complexity index is 456. The van der Waals surface area contributed by atoms with Crippen LogP contribution in [0.25, 0.3) is 0 Å². The van der Waals surface area contributed by atoms with Crippen molar-refractivity contribution < 1.29 is 4.79 Å². The van der Waals surface area contributed by atoms with E-state index in [2.05, 4.69) is 31.4 Å². The molecule has 0 atom stereocenters. The normalized spacial score (nSPS) is 11.6. The van der Waals surface area contributed by atoms with Gasteiger partial charge in [0.15, 0.2) is 0 Å². The molecule has 1 rings (SSSR count). The zero-order valence-electron chi connectivity index (χ0n) is 11.8. The van der Waals surface area contributed by atoms with Crippen molar-refractivity contribution in [3.63, 3.8) is 0 Å². The standard InChI is InChI=1S/C15H22N2O/c1-11-6-7-13(12(2)10-11)17-14(18)16-9-8-15(3,4)5/h6-10H,1-5H3,(H2,16,17,18)/b9-8+. The van der Waals surface area contributed by atoms with Crippen molar-refractivity contribution in [2.24, 2.45) is 5.41 Å². The highest BCUT2D eigenvalue weighted by molar-refractivity contribution is 5.90. The fourth-order valence-corrected chi connectivity index (χ4v) is 1.48. The second-order valence-corrected chi connectivity index (χ2v) is 5.62. The summed E-state index contributed by atoms with van der Waals surface area (Å²) in [4.78, 5) is 11.7. The Hall–Kier alpha value is -1.77. The number of aryl methyl sites for hydroxylation is 2. The van der Waals surface area contributed by atoms with Crippen LogP contribution < -0.4 is 10.6 Å². The van der Waals surface area contributed by atoms with Crippen molar-refractivity contribution in [2.45, 2.75) is 34.6 Å². The highest BCUT2D eigenvalue weighted by Crippen LogP contribution is 2.16. The lowest BCUT2D eigenvalue weighted by Gasteiger charge is -2.12. The second-order valence-electron chi connectivity index (χ2n) is 5.62. The van der Waals surface area contributed by atoms with Gasteiger partial charge in [-0.1, -0.05) is 44.5 Å². The summed E-state index contributed by atoms with van der Waals surface area (Å²) in [5.74, 6) is 0. The number of urea groups is 1. The van der Waals surface area contributed by atoms with Gasteiger partial charge in [-0.3, -0.25) is 0 Å². The van der Waals surface area contributed by atoms with Crippen LogP contribution in [-0.2, 0) is 0 Å². The number of hydrogen-bond acceptors (Lipinski definition) is 1. The first-order valence-corrected chi connectivity index (χ1v) is 6.10. The van der Waals surface area contributed by atoms with E-state index in [1.54, 1.807) is 6.20 Å². The minimum atomic E-state index is -0.220. The lowest BCUT2D eigenvalue weighted by atomic mass is 9.97. The van der Waals surface area contributed by atoms with Crippen LogP contribution in [0.2, 0.25) is 0 Å². The molecule has 18 heavy (non-hydrogen) atoms. The molecule has 0 aromatic heterocycles. The first kappa shape index (κ1) is 14.3. The SMILES string of the molecule is Cc1ccc(NC(=O)N/C=C/C(C)(C)C)c(C)c1. The van der Waals surface area contributed by atoms with E-state index in [1.807, 2.05) is 38.1 Å². The third-order valence-electron chi connectivity index (χ3n) is 2.43. The van der Waals surface area contributed by atoms with Gasteiger partial charge in [-0.05, 0) is 30.9 Å². The van der Waals surface area contributed by atoms with Gasteiger partial charge in [0.25, 0.3) is 0 Å². The Labute approximate surface area is 109 Å². The molecule has 0 aliphatic rings. The van der Waals surface area contributed by atoms with Crippen LogP contribution in [-0.4, -0.2) is 6.03 Å². The molecule has 0 fully saturated rings. The topological polar surface area (TPSA) is 41.1 Å². The highest BCUT2D eigenvalue weighted by atomic mass is 16.2. The maximum atomic E-state index is 11.7. The van der Waals surface area contributed by atoms with E-state index >= 15 is 0 Å². The Balaban J connectivity index is 2.58. The Morgan fingerprint density at radius 1 is 1.22 bits per heavy atom. The number of nitrogens with one attached hydrogen (secondary N) is 2. The van der Waals surface area contributed by atoms with E-state index in [9.17, 15) is 4.79 Å². The van der Waals surface area contributed by atoms with Crippen LogP contribution >= 0.6 is 0 Å². The Morgan fingerprint density at radius 2 is 1.89 bits per heavy atom. The molecular formula is C15H22N2O. The predicted octanol–water partition coefficient (Wildman–Crippen LogP) is 3.98. The van der Waals surface area contributed by atoms with E-state index in [4.69, 9.17) is 0 Å². The molecule has 0 bridgehead atoms. The van der Waals surface area contributed by atoms with Gasteiger partial charge in [-0.2, -0.15) is 0 Å². The first-order valence-electron chi connectivity index (χ1n) is 6.10. The zero-order valence-corrected chi connectivity index (χ0v) is 11.8. The number of anilines is 1. The van der Waals surface area contributed by atoms with Gasteiger partial charge in [-0.25, -0.2) is 4.79 Å². The third-order valence-corrected chi connectivity index (χ3v) is 2.43. The molecule has 0 aliphatic carbocycles. The van der Waals surface area contributed by atoms with Gasteiger partial charge in [0.1, 0.15) is 0 Å². The van der Waals surface area contributed by atoms with Crippen LogP contribution in [0, 0.1) is 19.3 Å². The van der Waals surface area contributed by atoms with E-state index < -0.39 is 0 Å². The summed E-state index contributed by atoms with van der Waals surface area (Å²) in [7, 11) is 0. The molecule has 0 spiro atoms. The summed E-state index contributed by atoms with van der Waals surface area (Å²) in [6.45, 7) is 10.2. The van der Waals surface area contributed by atoms with Gasteiger partial charge >= 0.3 is 6.03 Å². The van der Waals surface area contributed by atoms with Gasteiger partial charge in [0.2, 0.25) is 0 Å². The molecular weight excluding hydrogens is 224 g/mol. The minimum Gasteiger partial charge on any atom is -0.315 e. The average Bonchev–Trinajstić information content (AvgIpc) is 2.20. The molecule has 0 radical (unpaired) electrons. The fraction of sp³-hybridized carbons (Fsp3) is 0.400. The molecule has 0 saturated heterocycles. The molecule has 2 amide bonds. The molecule has 98 valence electrons. The van der Waals surface area contributed by atoms with Gasteiger partial charge in [0.05, 0.1) is 0 Å². The van der Waals surface area contributed by atoms with Crippen LogP contribution in [0.1, 0.15) is 31.9 Å². The lowest BCUT2D eigenvalue weighted by Crippen LogP contribution is -2.24. The number of amides is 2. The van der Waals surface area contributed by atoms with Crippen molar-refractivity contribution in [1.29, 1.82) is 0 Å². The molecule has 0 aliphatic heterocycles. The van der Waals surface area contributed by atoms with E-state index in [0.29, 0.717) is 0 Å². The van der Waals surface area contributed by atoms with Crippen LogP contribution in [0.15, 0.2) is 30.5 Å². The van der Waals surface area contributed by atoms with Gasteiger partial charge < -0.3 is 10.6 Å². The summed E-state index contributed by atoms with van der Waals surface area (Å²) in [6, 6.07) is 5.72. The predicted molar refractivity (Wildman–Crippen MR) is 76.7 cm³/mol. The Morgan fingerprint density at radius 3 is 2.44 bits per heavy atom. The maximum Gasteiger partial charge on any atom is 0.323 e. The molecule has 1 aromatic rings. The molecule has 0 saturated carbocycles. The number of allylic oxidation sites excluding steroid dienone is 1. The van der Waals surface area contributed by atoms with Crippen molar-refractivity contribution in [3.05, 3.63) is 41.6 Å². The van der Waals surface area contributed by atoms with Gasteiger partial charge in [-0.15, -0.1) is 0 Å². The first-order chi connectivity index (χ1) is 8.28. The minimum absolute atomic E-state index is 0.0626. The third kappa shape index (κ3) is 5.04. The summed E-state index contributed by atoms with van der Waals surface area (Å²) in [5, 5.41) is 5.52. The molecule has 3 nitrogen and oxygen atoms in total. The smallest absolute Gasteiger partial charge is 0.315 e. The van der Waals surface area contributed by atoms with Crippen LogP contribution in [0.5, 0.6) is 0 Å². The Kier molecular flexibility index (Phi) is 4.54. The molecule has 1 aromatic carbocycles. The largest absolute Gasteiger partial charge is 0.323 e. The number of benzene rings is 1. The highest BCUT2D eigenvalue weighted by Gasteiger charge is 2.05. The second kappa shape index (κ2) is 5.71. The lowest BCUT2D eigenvalue weighted by molar-refractivity contribution is 0.255. The van der Waals surface area contributed by atoms with E-state index in [1.165, 1.54) is 5.56 Å². The summed E-state index contributed by atoms with van der Waals surface area (Å²) >= 11 is 0. The molecule has 3 heteroatoms. The molecule has 2 N–H and O–H groups in total. The number of carbonyl (C=O) groups excluding carboxylic acids is 1. The van der Waals surface area contributed by atoms with Crippen molar-refractivity contribution in [3.8, 4) is 0 Å². The number of hydrogen-bond donors (Lipinski definition) is 2. The van der Waals surface area contributed by atoms with Crippen LogP contribution in [0.3, 0.4) is 0 Å². The van der Waals surface area contributed by atoms with Gasteiger partial charge in [0, 0.05) is 11.9 Å². The summed E-state index contributed by atoms with van der Waals surface area (Å²) in [5.41, 5.74) is 3.14. The zero-order chi connectivity index (χ0) is 13.8. The molecule has 0 heterocycles. The van der Waals surface area contributed by atoms with Crippen molar-refractivity contribution in [1.82, 2.24) is 5.32 Å². The number of rotatable bonds is 2. The van der Waals surface area contributed by atoms with E-state index in [0.717, 1.165) is 11.3 Å². The summed E-state index contributed by atoms with van der Waals surface area (Å²) in [6.07, 6.45) is 3.63. The maximum absolute atomic E-state index is 11.7. The quantitative estimate of drug-likeness (QED) is 0.814. The molecule has 0 unspecified atom stereocenters.